The first-order valence-corrected chi connectivity index (χ1v) is 5.68. The molecule has 3 heteroatoms. The molecule has 0 aliphatic rings. The zero-order chi connectivity index (χ0) is 12.3. The van der Waals surface area contributed by atoms with E-state index >= 15 is 0 Å². The van der Waals surface area contributed by atoms with Gasteiger partial charge in [-0.15, -0.1) is 0 Å². The third kappa shape index (κ3) is 2.66. The summed E-state index contributed by atoms with van der Waals surface area (Å²) in [6, 6.07) is 14.8. The van der Waals surface area contributed by atoms with E-state index in [0.29, 0.717) is 10.6 Å². The first-order valence-electron chi connectivity index (χ1n) is 5.30. The summed E-state index contributed by atoms with van der Waals surface area (Å²) in [6.07, 6.45) is 0. The molecule has 2 aromatic rings. The van der Waals surface area contributed by atoms with Gasteiger partial charge >= 0.3 is 0 Å². The molecule has 1 N–H and O–H groups in total. The third-order valence-corrected chi connectivity index (χ3v) is 2.78. The van der Waals surface area contributed by atoms with Gasteiger partial charge in [-0.1, -0.05) is 35.9 Å². The minimum Gasteiger partial charge on any atom is -0.354 e. The first-order chi connectivity index (χ1) is 8.18. The lowest BCUT2D eigenvalue weighted by Gasteiger charge is -2.11. The van der Waals surface area contributed by atoms with Crippen molar-refractivity contribution in [3.63, 3.8) is 0 Å². The topological polar surface area (TPSA) is 29.1 Å². The van der Waals surface area contributed by atoms with Crippen molar-refractivity contribution in [2.75, 3.05) is 5.32 Å². The second kappa shape index (κ2) is 5.02. The average molecular weight is 246 g/mol. The molecule has 0 bridgehead atoms. The van der Waals surface area contributed by atoms with Gasteiger partial charge in [-0.3, -0.25) is 4.79 Å². The molecule has 86 valence electrons. The minimum absolute atomic E-state index is 0.0279. The number of Topliss-reactive ketones (excluding diaryl/α,β-unsaturated/α-hetero) is 1. The fraction of sp³-hybridized carbons (Fsp3) is 0.0714. The number of anilines is 2. The Morgan fingerprint density at radius 3 is 2.24 bits per heavy atom. The van der Waals surface area contributed by atoms with Crippen LogP contribution in [-0.2, 0) is 0 Å². The van der Waals surface area contributed by atoms with Crippen LogP contribution in [-0.4, -0.2) is 5.78 Å². The van der Waals surface area contributed by atoms with Crippen LogP contribution in [0, 0.1) is 0 Å². The number of carbonyl (C=O) groups is 1. The van der Waals surface area contributed by atoms with Crippen molar-refractivity contribution in [3.8, 4) is 0 Å². The Morgan fingerprint density at radius 1 is 1.00 bits per heavy atom. The summed E-state index contributed by atoms with van der Waals surface area (Å²) in [5, 5.41) is 3.80. The molecule has 0 fully saturated rings. The number of rotatable bonds is 3. The lowest BCUT2D eigenvalue weighted by Crippen LogP contribution is -2.00. The molecular formula is C14H12ClNO. The molecular weight excluding hydrogens is 234 g/mol. The molecule has 2 rings (SSSR count). The van der Waals surface area contributed by atoms with Gasteiger partial charge in [0.1, 0.15) is 0 Å². The van der Waals surface area contributed by atoms with E-state index in [4.69, 9.17) is 11.6 Å². The highest BCUT2D eigenvalue weighted by Crippen LogP contribution is 2.26. The number of hydrogen-bond donors (Lipinski definition) is 1. The van der Waals surface area contributed by atoms with Gasteiger partial charge in [-0.05, 0) is 31.2 Å². The molecule has 2 nitrogen and oxygen atoms in total. The van der Waals surface area contributed by atoms with Crippen molar-refractivity contribution in [2.24, 2.45) is 0 Å². The van der Waals surface area contributed by atoms with Crippen LogP contribution in [0.3, 0.4) is 0 Å². The van der Waals surface area contributed by atoms with E-state index in [0.717, 1.165) is 11.4 Å². The largest absolute Gasteiger partial charge is 0.354 e. The van der Waals surface area contributed by atoms with Crippen molar-refractivity contribution >= 4 is 28.8 Å². The number of ketones is 1. The Bertz CT molecular complexity index is 551. The fourth-order valence-corrected chi connectivity index (χ4v) is 1.79. The van der Waals surface area contributed by atoms with E-state index in [-0.39, 0.29) is 5.78 Å². The van der Waals surface area contributed by atoms with Gasteiger partial charge < -0.3 is 5.32 Å². The molecule has 0 heterocycles. The van der Waals surface area contributed by atoms with Gasteiger partial charge in [0.05, 0.1) is 10.7 Å². The maximum atomic E-state index is 11.5. The number of para-hydroxylation sites is 2. The van der Waals surface area contributed by atoms with Gasteiger partial charge in [0.25, 0.3) is 0 Å². The molecule has 0 aliphatic carbocycles. The lowest BCUT2D eigenvalue weighted by atomic mass is 10.1. The molecule has 0 aromatic heterocycles. The highest BCUT2D eigenvalue weighted by atomic mass is 35.5. The summed E-state index contributed by atoms with van der Waals surface area (Å²) in [5.74, 6) is 0.0279. The van der Waals surface area contributed by atoms with Gasteiger partial charge in [0.15, 0.2) is 5.78 Å². The molecule has 0 spiro atoms. The Kier molecular flexibility index (Phi) is 3.45. The van der Waals surface area contributed by atoms with Crippen LogP contribution in [0.15, 0.2) is 48.5 Å². The summed E-state index contributed by atoms with van der Waals surface area (Å²) in [5.41, 5.74) is 2.23. The molecule has 0 atom stereocenters. The summed E-state index contributed by atoms with van der Waals surface area (Å²) < 4.78 is 0. The summed E-state index contributed by atoms with van der Waals surface area (Å²) in [4.78, 5) is 11.5. The van der Waals surface area contributed by atoms with Crippen LogP contribution in [0.4, 0.5) is 11.4 Å². The maximum Gasteiger partial charge on any atom is 0.161 e. The number of nitrogens with one attached hydrogen (secondary N) is 1. The normalized spacial score (nSPS) is 10.0. The Hall–Kier alpha value is -1.80. The predicted octanol–water partition coefficient (Wildman–Crippen LogP) is 4.29. The van der Waals surface area contributed by atoms with Gasteiger partial charge in [0.2, 0.25) is 0 Å². The molecule has 0 aliphatic heterocycles. The number of halogens is 1. The predicted molar refractivity (Wildman–Crippen MR) is 71.2 cm³/mol. The quantitative estimate of drug-likeness (QED) is 0.818. The smallest absolute Gasteiger partial charge is 0.161 e. The highest BCUT2D eigenvalue weighted by molar-refractivity contribution is 6.33. The molecule has 0 saturated carbocycles. The summed E-state index contributed by atoms with van der Waals surface area (Å²) in [7, 11) is 0. The molecule has 17 heavy (non-hydrogen) atoms. The van der Waals surface area contributed by atoms with Crippen LogP contribution in [0.2, 0.25) is 5.02 Å². The van der Waals surface area contributed by atoms with Gasteiger partial charge in [-0.2, -0.15) is 0 Å². The lowest BCUT2D eigenvalue weighted by molar-refractivity contribution is 0.101. The second-order valence-corrected chi connectivity index (χ2v) is 4.11. The summed E-state index contributed by atoms with van der Waals surface area (Å²) in [6.45, 7) is 1.55. The molecule has 0 radical (unpaired) electrons. The maximum absolute atomic E-state index is 11.5. The van der Waals surface area contributed by atoms with Crippen LogP contribution in [0.1, 0.15) is 17.3 Å². The number of carbonyl (C=O) groups excluding carboxylic acids is 1. The zero-order valence-electron chi connectivity index (χ0n) is 9.41. The van der Waals surface area contributed by atoms with Crippen LogP contribution in [0.5, 0.6) is 0 Å². The SMILES string of the molecule is CC(=O)c1ccccc1Nc1ccccc1Cl. The van der Waals surface area contributed by atoms with Crippen LogP contribution >= 0.6 is 11.6 Å². The van der Waals surface area contributed by atoms with E-state index in [2.05, 4.69) is 5.32 Å². The number of benzene rings is 2. The minimum atomic E-state index is 0.0279. The highest BCUT2D eigenvalue weighted by Gasteiger charge is 2.07. The Labute approximate surface area is 105 Å². The monoisotopic (exact) mass is 245 g/mol. The number of hydrogen-bond acceptors (Lipinski definition) is 2. The summed E-state index contributed by atoms with van der Waals surface area (Å²) >= 11 is 6.06. The zero-order valence-corrected chi connectivity index (χ0v) is 10.2. The fourth-order valence-electron chi connectivity index (χ4n) is 1.61. The van der Waals surface area contributed by atoms with E-state index in [1.54, 1.807) is 19.1 Å². The van der Waals surface area contributed by atoms with Gasteiger partial charge in [-0.25, -0.2) is 0 Å². The molecule has 0 saturated heterocycles. The Balaban J connectivity index is 2.37. The van der Waals surface area contributed by atoms with E-state index < -0.39 is 0 Å². The van der Waals surface area contributed by atoms with Crippen molar-refractivity contribution in [3.05, 3.63) is 59.1 Å². The van der Waals surface area contributed by atoms with Crippen molar-refractivity contribution in [1.29, 1.82) is 0 Å². The standard InChI is InChI=1S/C14H12ClNO/c1-10(17)11-6-2-4-8-13(11)16-14-9-5-3-7-12(14)15/h2-9,16H,1H3. The van der Waals surface area contributed by atoms with Crippen molar-refractivity contribution in [2.45, 2.75) is 6.92 Å². The molecule has 0 unspecified atom stereocenters. The van der Waals surface area contributed by atoms with E-state index in [1.165, 1.54) is 0 Å². The molecule has 0 amide bonds. The van der Waals surface area contributed by atoms with E-state index in [9.17, 15) is 4.79 Å². The van der Waals surface area contributed by atoms with Crippen LogP contribution in [0.25, 0.3) is 0 Å². The van der Waals surface area contributed by atoms with Crippen molar-refractivity contribution in [1.82, 2.24) is 0 Å². The second-order valence-electron chi connectivity index (χ2n) is 3.71. The Morgan fingerprint density at radius 2 is 1.59 bits per heavy atom. The van der Waals surface area contributed by atoms with Crippen LogP contribution < -0.4 is 5.32 Å². The average Bonchev–Trinajstić information content (AvgIpc) is 2.32. The van der Waals surface area contributed by atoms with E-state index in [1.807, 2.05) is 36.4 Å². The first kappa shape index (κ1) is 11.7. The van der Waals surface area contributed by atoms with Crippen molar-refractivity contribution < 1.29 is 4.79 Å². The molecule has 2 aromatic carbocycles. The third-order valence-electron chi connectivity index (χ3n) is 2.45. The van der Waals surface area contributed by atoms with Gasteiger partial charge in [0, 0.05) is 11.3 Å².